The van der Waals surface area contributed by atoms with Crippen LogP contribution < -0.4 is 11.1 Å². The predicted octanol–water partition coefficient (Wildman–Crippen LogP) is 7.34. The molecule has 0 radical (unpaired) electrons. The Labute approximate surface area is 188 Å². The number of hydrogen-bond acceptors (Lipinski definition) is 3. The first kappa shape index (κ1) is 25.0. The fourth-order valence-corrected chi connectivity index (χ4v) is 4.18. The fourth-order valence-electron chi connectivity index (χ4n) is 4.18. The summed E-state index contributed by atoms with van der Waals surface area (Å²) in [7, 11) is 0. The molecule has 0 fully saturated rings. The van der Waals surface area contributed by atoms with Crippen molar-refractivity contribution in [1.29, 1.82) is 0 Å². The SMILES string of the molecule is CCCCCCCCCCCCCCCCNC(=O)c1cc(N)c2ccccc2c1O. The van der Waals surface area contributed by atoms with E-state index in [-0.39, 0.29) is 17.2 Å². The summed E-state index contributed by atoms with van der Waals surface area (Å²) in [6.45, 7) is 2.90. The van der Waals surface area contributed by atoms with Gasteiger partial charge in [-0.3, -0.25) is 4.79 Å². The molecule has 0 bridgehead atoms. The number of fused-ring (bicyclic) bond motifs is 1. The number of carbonyl (C=O) groups is 1. The minimum Gasteiger partial charge on any atom is -0.506 e. The van der Waals surface area contributed by atoms with Gasteiger partial charge in [-0.15, -0.1) is 0 Å². The molecule has 4 heteroatoms. The lowest BCUT2D eigenvalue weighted by atomic mass is 10.0. The number of nitrogen functional groups attached to an aromatic ring is 1. The van der Waals surface area contributed by atoms with Gasteiger partial charge in [0.1, 0.15) is 5.75 Å². The third-order valence-corrected chi connectivity index (χ3v) is 6.11. The van der Waals surface area contributed by atoms with Gasteiger partial charge in [-0.1, -0.05) is 115 Å². The van der Waals surface area contributed by atoms with Crippen LogP contribution in [0.15, 0.2) is 30.3 Å². The van der Waals surface area contributed by atoms with Crippen LogP contribution in [0.3, 0.4) is 0 Å². The Balaban J connectivity index is 1.51. The minimum atomic E-state index is -0.260. The number of carbonyl (C=O) groups excluding carboxylic acids is 1. The lowest BCUT2D eigenvalue weighted by Gasteiger charge is -2.11. The number of anilines is 1. The molecule has 4 nitrogen and oxygen atoms in total. The van der Waals surface area contributed by atoms with Crippen LogP contribution >= 0.6 is 0 Å². The average Bonchev–Trinajstić information content (AvgIpc) is 2.78. The van der Waals surface area contributed by atoms with Gasteiger partial charge in [0.25, 0.3) is 5.91 Å². The average molecular weight is 427 g/mol. The van der Waals surface area contributed by atoms with E-state index >= 15 is 0 Å². The van der Waals surface area contributed by atoms with Gasteiger partial charge in [0.05, 0.1) is 5.56 Å². The maximum atomic E-state index is 12.5. The summed E-state index contributed by atoms with van der Waals surface area (Å²) in [5.41, 5.74) is 6.82. The zero-order valence-electron chi connectivity index (χ0n) is 19.4. The molecule has 4 N–H and O–H groups in total. The Morgan fingerprint density at radius 1 is 0.806 bits per heavy atom. The first-order valence-corrected chi connectivity index (χ1v) is 12.4. The van der Waals surface area contributed by atoms with Gasteiger partial charge < -0.3 is 16.2 Å². The number of phenols is 1. The molecule has 0 aliphatic rings. The van der Waals surface area contributed by atoms with Crippen LogP contribution in [0.5, 0.6) is 5.75 Å². The van der Waals surface area contributed by atoms with Crippen molar-refractivity contribution in [3.8, 4) is 5.75 Å². The van der Waals surface area contributed by atoms with E-state index in [9.17, 15) is 9.90 Å². The molecular weight excluding hydrogens is 384 g/mol. The molecule has 0 aromatic heterocycles. The van der Waals surface area contributed by atoms with Crippen molar-refractivity contribution in [1.82, 2.24) is 5.32 Å². The van der Waals surface area contributed by atoms with E-state index in [0.717, 1.165) is 18.2 Å². The van der Waals surface area contributed by atoms with Crippen molar-refractivity contribution in [3.63, 3.8) is 0 Å². The summed E-state index contributed by atoms with van der Waals surface area (Å²) < 4.78 is 0. The molecule has 0 heterocycles. The van der Waals surface area contributed by atoms with Gasteiger partial charge in [0.2, 0.25) is 0 Å². The molecule has 0 unspecified atom stereocenters. The Morgan fingerprint density at radius 2 is 1.29 bits per heavy atom. The molecule has 0 atom stereocenters. The second kappa shape index (κ2) is 14.7. The molecule has 0 saturated carbocycles. The lowest BCUT2D eigenvalue weighted by Crippen LogP contribution is -2.24. The number of phenolic OH excluding ortho intramolecular Hbond substituents is 1. The van der Waals surface area contributed by atoms with Crippen LogP contribution in [-0.4, -0.2) is 17.6 Å². The monoisotopic (exact) mass is 426 g/mol. The van der Waals surface area contributed by atoms with Crippen molar-refractivity contribution in [2.45, 2.75) is 96.8 Å². The molecule has 0 spiro atoms. The Bertz CT molecular complexity index is 788. The first-order valence-electron chi connectivity index (χ1n) is 12.4. The van der Waals surface area contributed by atoms with Gasteiger partial charge >= 0.3 is 0 Å². The number of unbranched alkanes of at least 4 members (excludes halogenated alkanes) is 13. The van der Waals surface area contributed by atoms with Crippen molar-refractivity contribution < 1.29 is 9.90 Å². The van der Waals surface area contributed by atoms with E-state index in [2.05, 4.69) is 12.2 Å². The standard InChI is InChI=1S/C27H42N2O2/c1-2-3-4-5-6-7-8-9-10-11-12-13-14-17-20-29-27(31)24-21-25(28)22-18-15-16-19-23(22)26(24)30/h15-16,18-19,21,30H,2-14,17,20,28H2,1H3,(H,29,31). The van der Waals surface area contributed by atoms with Gasteiger partial charge in [-0.25, -0.2) is 0 Å². The summed E-state index contributed by atoms with van der Waals surface area (Å²) in [6, 6.07) is 8.90. The van der Waals surface area contributed by atoms with E-state index in [1.54, 1.807) is 12.1 Å². The van der Waals surface area contributed by atoms with Crippen LogP contribution in [0.2, 0.25) is 0 Å². The molecule has 1 amide bonds. The lowest BCUT2D eigenvalue weighted by molar-refractivity contribution is 0.0950. The van der Waals surface area contributed by atoms with Crippen LogP contribution in [0.25, 0.3) is 10.8 Å². The highest BCUT2D eigenvalue weighted by Gasteiger charge is 2.15. The van der Waals surface area contributed by atoms with Crippen molar-refractivity contribution in [3.05, 3.63) is 35.9 Å². The Hall–Kier alpha value is -2.23. The molecule has 0 aliphatic heterocycles. The van der Waals surface area contributed by atoms with Crippen molar-refractivity contribution in [2.75, 3.05) is 12.3 Å². The fraction of sp³-hybridized carbons (Fsp3) is 0.593. The summed E-state index contributed by atoms with van der Waals surface area (Å²) in [6.07, 6.45) is 18.4. The van der Waals surface area contributed by atoms with Crippen molar-refractivity contribution in [2.24, 2.45) is 0 Å². The quantitative estimate of drug-likeness (QED) is 0.149. The van der Waals surface area contributed by atoms with Crippen LogP contribution in [0, 0.1) is 0 Å². The molecule has 2 aromatic carbocycles. The van der Waals surface area contributed by atoms with Gasteiger partial charge in [0.15, 0.2) is 0 Å². The van der Waals surface area contributed by atoms with E-state index in [1.807, 2.05) is 18.2 Å². The summed E-state index contributed by atoms with van der Waals surface area (Å²) in [5, 5.41) is 14.8. The van der Waals surface area contributed by atoms with Crippen LogP contribution in [-0.2, 0) is 0 Å². The maximum Gasteiger partial charge on any atom is 0.255 e. The summed E-state index contributed by atoms with van der Waals surface area (Å²) in [4.78, 5) is 12.5. The smallest absolute Gasteiger partial charge is 0.255 e. The zero-order chi connectivity index (χ0) is 22.3. The van der Waals surface area contributed by atoms with Gasteiger partial charge in [-0.2, -0.15) is 0 Å². The molecule has 0 saturated heterocycles. The largest absolute Gasteiger partial charge is 0.506 e. The Kier molecular flexibility index (Phi) is 11.9. The molecule has 2 aromatic rings. The van der Waals surface area contributed by atoms with E-state index in [1.165, 1.54) is 77.0 Å². The minimum absolute atomic E-state index is 0.00302. The number of aromatic hydroxyl groups is 1. The number of amides is 1. The third kappa shape index (κ3) is 8.80. The van der Waals surface area contributed by atoms with Gasteiger partial charge in [-0.05, 0) is 12.5 Å². The number of nitrogens with one attached hydrogen (secondary N) is 1. The summed E-state index contributed by atoms with van der Waals surface area (Å²) >= 11 is 0. The molecule has 2 rings (SSSR count). The van der Waals surface area contributed by atoms with Crippen molar-refractivity contribution >= 4 is 22.4 Å². The number of hydrogen-bond donors (Lipinski definition) is 3. The highest BCUT2D eigenvalue weighted by Crippen LogP contribution is 2.33. The number of rotatable bonds is 16. The third-order valence-electron chi connectivity index (χ3n) is 6.11. The predicted molar refractivity (Wildman–Crippen MR) is 133 cm³/mol. The van der Waals surface area contributed by atoms with E-state index in [4.69, 9.17) is 5.73 Å². The molecule has 172 valence electrons. The first-order chi connectivity index (χ1) is 15.1. The second-order valence-corrected chi connectivity index (χ2v) is 8.76. The maximum absolute atomic E-state index is 12.5. The van der Waals surface area contributed by atoms with E-state index in [0.29, 0.717) is 17.6 Å². The van der Waals surface area contributed by atoms with Crippen LogP contribution in [0.4, 0.5) is 5.69 Å². The number of nitrogens with two attached hydrogens (primary N) is 1. The number of benzene rings is 2. The Morgan fingerprint density at radius 3 is 1.84 bits per heavy atom. The molecular formula is C27H42N2O2. The van der Waals surface area contributed by atoms with Crippen LogP contribution in [0.1, 0.15) is 107 Å². The normalized spacial score (nSPS) is 11.1. The topological polar surface area (TPSA) is 75.4 Å². The highest BCUT2D eigenvalue weighted by molar-refractivity contribution is 6.07. The second-order valence-electron chi connectivity index (χ2n) is 8.76. The zero-order valence-corrected chi connectivity index (χ0v) is 19.4. The van der Waals surface area contributed by atoms with Gasteiger partial charge in [0, 0.05) is 23.0 Å². The summed E-state index contributed by atoms with van der Waals surface area (Å²) in [5.74, 6) is -0.257. The molecule has 0 aliphatic carbocycles. The van der Waals surface area contributed by atoms with E-state index < -0.39 is 0 Å². The molecule has 31 heavy (non-hydrogen) atoms. The highest BCUT2D eigenvalue weighted by atomic mass is 16.3.